The van der Waals surface area contributed by atoms with Crippen molar-refractivity contribution in [3.63, 3.8) is 0 Å². The molecule has 1 N–H and O–H groups in total. The quantitative estimate of drug-likeness (QED) is 0.741. The molecule has 0 spiro atoms. The summed E-state index contributed by atoms with van der Waals surface area (Å²) in [5.41, 5.74) is 1.65. The summed E-state index contributed by atoms with van der Waals surface area (Å²) in [7, 11) is -3.65. The molecule has 2 aromatic carbocycles. The molecule has 0 unspecified atom stereocenters. The standard InChI is InChI=1S/C19H15N3O3S/c1-14-5-11-18(12-6-14)26(23,24)22-15-7-9-17(10-8-15)25-19-4-2-3-16(13-20)21-19/h2-12,22H,1H3. The van der Waals surface area contributed by atoms with E-state index in [9.17, 15) is 8.42 Å². The number of aryl methyl sites for hydroxylation is 1. The number of ether oxygens (including phenoxy) is 1. The van der Waals surface area contributed by atoms with Crippen molar-refractivity contribution in [1.82, 2.24) is 4.98 Å². The summed E-state index contributed by atoms with van der Waals surface area (Å²) >= 11 is 0. The summed E-state index contributed by atoms with van der Waals surface area (Å²) in [6.07, 6.45) is 0. The molecular weight excluding hydrogens is 350 g/mol. The van der Waals surface area contributed by atoms with Crippen LogP contribution in [0.15, 0.2) is 71.6 Å². The molecule has 3 rings (SSSR count). The van der Waals surface area contributed by atoms with Crippen LogP contribution in [0.3, 0.4) is 0 Å². The van der Waals surface area contributed by atoms with Gasteiger partial charge in [-0.25, -0.2) is 13.4 Å². The molecule has 6 nitrogen and oxygen atoms in total. The molecule has 7 heteroatoms. The van der Waals surface area contributed by atoms with E-state index < -0.39 is 10.0 Å². The maximum atomic E-state index is 12.4. The summed E-state index contributed by atoms with van der Waals surface area (Å²) < 4.78 is 32.8. The Balaban J connectivity index is 1.73. The van der Waals surface area contributed by atoms with Gasteiger partial charge in [-0.2, -0.15) is 5.26 Å². The molecule has 0 radical (unpaired) electrons. The van der Waals surface area contributed by atoms with Gasteiger partial charge < -0.3 is 4.74 Å². The Labute approximate surface area is 151 Å². The van der Waals surface area contributed by atoms with Crippen LogP contribution < -0.4 is 9.46 Å². The van der Waals surface area contributed by atoms with Crippen molar-refractivity contribution in [3.8, 4) is 17.7 Å². The zero-order valence-electron chi connectivity index (χ0n) is 13.9. The Morgan fingerprint density at radius 2 is 1.69 bits per heavy atom. The number of pyridine rings is 1. The summed E-state index contributed by atoms with van der Waals surface area (Å²) in [5.74, 6) is 0.767. The zero-order valence-corrected chi connectivity index (χ0v) is 14.7. The number of benzene rings is 2. The number of nitrogens with zero attached hydrogens (tertiary/aromatic N) is 2. The predicted molar refractivity (Wildman–Crippen MR) is 97.5 cm³/mol. The van der Waals surface area contributed by atoms with Gasteiger partial charge in [-0.3, -0.25) is 4.72 Å². The molecule has 3 aromatic rings. The van der Waals surface area contributed by atoms with Gasteiger partial charge in [0.15, 0.2) is 0 Å². The Kier molecular flexibility index (Phi) is 4.87. The lowest BCUT2D eigenvalue weighted by Gasteiger charge is -2.09. The molecule has 0 saturated carbocycles. The van der Waals surface area contributed by atoms with Gasteiger partial charge in [-0.05, 0) is 49.4 Å². The molecule has 0 aliphatic carbocycles. The van der Waals surface area contributed by atoms with Crippen LogP contribution in [0.2, 0.25) is 0 Å². The fraction of sp³-hybridized carbons (Fsp3) is 0.0526. The number of hydrogen-bond donors (Lipinski definition) is 1. The largest absolute Gasteiger partial charge is 0.439 e. The number of nitriles is 1. The highest BCUT2D eigenvalue weighted by atomic mass is 32.2. The van der Waals surface area contributed by atoms with Gasteiger partial charge in [-0.15, -0.1) is 0 Å². The second kappa shape index (κ2) is 7.25. The number of nitrogens with one attached hydrogen (secondary N) is 1. The third-order valence-electron chi connectivity index (χ3n) is 3.50. The predicted octanol–water partition coefficient (Wildman–Crippen LogP) is 3.85. The SMILES string of the molecule is Cc1ccc(S(=O)(=O)Nc2ccc(Oc3cccc(C#N)n3)cc2)cc1. The van der Waals surface area contributed by atoms with E-state index in [1.165, 1.54) is 0 Å². The lowest BCUT2D eigenvalue weighted by Crippen LogP contribution is -2.12. The number of anilines is 1. The minimum atomic E-state index is -3.65. The first-order valence-corrected chi connectivity index (χ1v) is 9.19. The van der Waals surface area contributed by atoms with Crippen LogP contribution in [0.5, 0.6) is 11.6 Å². The minimum absolute atomic E-state index is 0.195. The summed E-state index contributed by atoms with van der Waals surface area (Å²) in [4.78, 5) is 4.22. The van der Waals surface area contributed by atoms with E-state index in [4.69, 9.17) is 10.00 Å². The third kappa shape index (κ3) is 4.18. The van der Waals surface area contributed by atoms with E-state index in [-0.39, 0.29) is 16.5 Å². The molecule has 0 aliphatic rings. The van der Waals surface area contributed by atoms with E-state index in [1.54, 1.807) is 66.7 Å². The van der Waals surface area contributed by atoms with Gasteiger partial charge in [0, 0.05) is 11.8 Å². The molecule has 0 saturated heterocycles. The molecule has 0 atom stereocenters. The van der Waals surface area contributed by atoms with Gasteiger partial charge in [0.05, 0.1) is 4.90 Å². The normalized spacial score (nSPS) is 10.8. The highest BCUT2D eigenvalue weighted by Crippen LogP contribution is 2.23. The Bertz CT molecular complexity index is 1050. The molecule has 130 valence electrons. The van der Waals surface area contributed by atoms with Crippen LogP contribution in [0, 0.1) is 18.3 Å². The maximum Gasteiger partial charge on any atom is 0.261 e. The highest BCUT2D eigenvalue weighted by molar-refractivity contribution is 7.92. The van der Waals surface area contributed by atoms with E-state index >= 15 is 0 Å². The first kappa shape index (κ1) is 17.5. The van der Waals surface area contributed by atoms with Crippen LogP contribution in [0.25, 0.3) is 0 Å². The lowest BCUT2D eigenvalue weighted by molar-refractivity contribution is 0.462. The molecular formula is C19H15N3O3S. The minimum Gasteiger partial charge on any atom is -0.439 e. The highest BCUT2D eigenvalue weighted by Gasteiger charge is 2.13. The van der Waals surface area contributed by atoms with Crippen LogP contribution in [-0.2, 0) is 10.0 Å². The zero-order chi connectivity index (χ0) is 18.6. The lowest BCUT2D eigenvalue weighted by atomic mass is 10.2. The molecule has 1 heterocycles. The number of hydrogen-bond acceptors (Lipinski definition) is 5. The smallest absolute Gasteiger partial charge is 0.261 e. The van der Waals surface area contributed by atoms with E-state index in [2.05, 4.69) is 9.71 Å². The van der Waals surface area contributed by atoms with Gasteiger partial charge in [0.1, 0.15) is 17.5 Å². The molecule has 0 fully saturated rings. The van der Waals surface area contributed by atoms with Crippen molar-refractivity contribution in [1.29, 1.82) is 5.26 Å². The molecule has 0 amide bonds. The van der Waals surface area contributed by atoms with Gasteiger partial charge in [0.25, 0.3) is 10.0 Å². The van der Waals surface area contributed by atoms with E-state index in [1.807, 2.05) is 13.0 Å². The number of aromatic nitrogens is 1. The van der Waals surface area contributed by atoms with Crippen molar-refractivity contribution >= 4 is 15.7 Å². The fourth-order valence-corrected chi connectivity index (χ4v) is 3.24. The molecule has 0 bridgehead atoms. The van der Waals surface area contributed by atoms with E-state index in [0.717, 1.165) is 5.56 Å². The van der Waals surface area contributed by atoms with Gasteiger partial charge in [0.2, 0.25) is 5.88 Å². The molecule has 0 aliphatic heterocycles. The van der Waals surface area contributed by atoms with Crippen LogP contribution >= 0.6 is 0 Å². The Morgan fingerprint density at radius 3 is 2.35 bits per heavy atom. The number of sulfonamides is 1. The van der Waals surface area contributed by atoms with Crippen LogP contribution in [0.4, 0.5) is 5.69 Å². The number of rotatable bonds is 5. The first-order valence-electron chi connectivity index (χ1n) is 7.71. The van der Waals surface area contributed by atoms with Crippen molar-refractivity contribution < 1.29 is 13.2 Å². The fourth-order valence-electron chi connectivity index (χ4n) is 2.18. The average Bonchev–Trinajstić information content (AvgIpc) is 2.64. The van der Waals surface area contributed by atoms with Crippen molar-refractivity contribution in [2.45, 2.75) is 11.8 Å². The van der Waals surface area contributed by atoms with Crippen molar-refractivity contribution in [2.75, 3.05) is 4.72 Å². The van der Waals surface area contributed by atoms with E-state index in [0.29, 0.717) is 11.4 Å². The monoisotopic (exact) mass is 365 g/mol. The maximum absolute atomic E-state index is 12.4. The van der Waals surface area contributed by atoms with Gasteiger partial charge >= 0.3 is 0 Å². The van der Waals surface area contributed by atoms with Crippen LogP contribution in [0.1, 0.15) is 11.3 Å². The third-order valence-corrected chi connectivity index (χ3v) is 4.90. The summed E-state index contributed by atoms with van der Waals surface area (Å²) in [5, 5.41) is 8.85. The van der Waals surface area contributed by atoms with Gasteiger partial charge in [-0.1, -0.05) is 23.8 Å². The summed E-state index contributed by atoms with van der Waals surface area (Å²) in [6.45, 7) is 1.89. The second-order valence-corrected chi connectivity index (χ2v) is 7.20. The Hall–Kier alpha value is -3.37. The summed E-state index contributed by atoms with van der Waals surface area (Å²) in [6, 6.07) is 19.9. The second-order valence-electron chi connectivity index (χ2n) is 5.52. The topological polar surface area (TPSA) is 92.1 Å². The molecule has 1 aromatic heterocycles. The molecule has 26 heavy (non-hydrogen) atoms. The first-order chi connectivity index (χ1) is 12.5. The van der Waals surface area contributed by atoms with Crippen molar-refractivity contribution in [3.05, 3.63) is 78.0 Å². The van der Waals surface area contributed by atoms with Crippen LogP contribution in [-0.4, -0.2) is 13.4 Å². The Morgan fingerprint density at radius 1 is 1.00 bits per heavy atom. The van der Waals surface area contributed by atoms with Crippen molar-refractivity contribution in [2.24, 2.45) is 0 Å². The average molecular weight is 365 g/mol.